The second kappa shape index (κ2) is 6.92. The number of rotatable bonds is 3. The van der Waals surface area contributed by atoms with Gasteiger partial charge in [0.25, 0.3) is 5.91 Å². The highest BCUT2D eigenvalue weighted by molar-refractivity contribution is 6.12. The summed E-state index contributed by atoms with van der Waals surface area (Å²) in [4.78, 5) is 30.9. The lowest BCUT2D eigenvalue weighted by molar-refractivity contribution is -0.135. The fourth-order valence-corrected chi connectivity index (χ4v) is 5.10. The number of allylic oxidation sites excluding steroid dienone is 2. The number of benzene rings is 2. The van der Waals surface area contributed by atoms with Gasteiger partial charge in [-0.1, -0.05) is 35.9 Å². The first-order valence-electron chi connectivity index (χ1n) is 9.81. The molecule has 3 atom stereocenters. The van der Waals surface area contributed by atoms with Crippen LogP contribution in [0.25, 0.3) is 0 Å². The highest BCUT2D eigenvalue weighted by Crippen LogP contribution is 2.56. The minimum atomic E-state index is -1.06. The van der Waals surface area contributed by atoms with E-state index in [9.17, 15) is 14.0 Å². The van der Waals surface area contributed by atoms with Crippen molar-refractivity contribution in [3.8, 4) is 0 Å². The minimum absolute atomic E-state index is 0.0675. The summed E-state index contributed by atoms with van der Waals surface area (Å²) in [5.41, 5.74) is 2.40. The van der Waals surface area contributed by atoms with E-state index in [0.717, 1.165) is 22.4 Å². The molecule has 0 aromatic heterocycles. The van der Waals surface area contributed by atoms with E-state index in [-0.39, 0.29) is 23.4 Å². The second-order valence-corrected chi connectivity index (χ2v) is 8.29. The first-order chi connectivity index (χ1) is 13.8. The zero-order chi connectivity index (χ0) is 20.9. The number of anilines is 1. The van der Waals surface area contributed by atoms with Gasteiger partial charge in [-0.15, -0.1) is 0 Å². The Bertz CT molecular complexity index is 1010. The molecule has 2 heterocycles. The Balaban J connectivity index is 1.95. The molecule has 1 spiro atoms. The molecule has 1 fully saturated rings. The molecule has 4 nitrogen and oxygen atoms in total. The Morgan fingerprint density at radius 2 is 1.76 bits per heavy atom. The van der Waals surface area contributed by atoms with E-state index in [1.807, 2.05) is 50.1 Å². The number of hydrogen-bond acceptors (Lipinski definition) is 3. The highest BCUT2D eigenvalue weighted by atomic mass is 19.1. The number of carbonyl (C=O) groups is 2. The van der Waals surface area contributed by atoms with Gasteiger partial charge in [0.1, 0.15) is 11.4 Å². The molecule has 2 aromatic carbocycles. The van der Waals surface area contributed by atoms with Crippen molar-refractivity contribution in [1.29, 1.82) is 0 Å². The Morgan fingerprint density at radius 3 is 2.41 bits per heavy atom. The number of likely N-dealkylation sites (tertiary alicyclic amines) is 1. The summed E-state index contributed by atoms with van der Waals surface area (Å²) in [5.74, 6) is -1.28. The molecule has 0 N–H and O–H groups in total. The van der Waals surface area contributed by atoms with Crippen molar-refractivity contribution >= 4 is 17.4 Å². The molecule has 1 amide bonds. The van der Waals surface area contributed by atoms with Crippen LogP contribution < -0.4 is 4.90 Å². The average Bonchev–Trinajstić information content (AvgIpc) is 3.11. The average molecular weight is 392 g/mol. The molecule has 2 aromatic rings. The number of fused-ring (bicyclic) bond motifs is 2. The lowest BCUT2D eigenvalue weighted by Crippen LogP contribution is -2.52. The molecule has 4 rings (SSSR count). The van der Waals surface area contributed by atoms with Gasteiger partial charge in [0, 0.05) is 30.8 Å². The van der Waals surface area contributed by atoms with Gasteiger partial charge >= 0.3 is 0 Å². The fraction of sp³-hybridized carbons (Fsp3) is 0.333. The third-order valence-electron chi connectivity index (χ3n) is 6.27. The molecular formula is C24H25FN2O2. The Morgan fingerprint density at radius 1 is 1.10 bits per heavy atom. The molecule has 5 heteroatoms. The van der Waals surface area contributed by atoms with Crippen LogP contribution in [0.5, 0.6) is 0 Å². The summed E-state index contributed by atoms with van der Waals surface area (Å²) in [6.07, 6.45) is 1.64. The standard InChI is InChI=1S/C24H25FN2O2/c1-15(2)13-21(28)22-18(16-9-11-17(25)12-10-16)14-26(3)24(22)19-7-5-6-8-20(19)27(4)23(24)29/h5-13,18,22H,14H2,1-4H3/t18-,22+,24-/m0/s1. The highest BCUT2D eigenvalue weighted by Gasteiger charge is 2.65. The van der Waals surface area contributed by atoms with E-state index in [2.05, 4.69) is 0 Å². The van der Waals surface area contributed by atoms with Crippen molar-refractivity contribution in [2.24, 2.45) is 5.92 Å². The Hall–Kier alpha value is -2.79. The second-order valence-electron chi connectivity index (χ2n) is 8.29. The van der Waals surface area contributed by atoms with Crippen LogP contribution in [-0.4, -0.2) is 37.2 Å². The Labute approximate surface area is 170 Å². The smallest absolute Gasteiger partial charge is 0.252 e. The molecule has 150 valence electrons. The number of halogens is 1. The van der Waals surface area contributed by atoms with Gasteiger partial charge in [-0.05, 0) is 50.7 Å². The van der Waals surface area contributed by atoms with Crippen molar-refractivity contribution in [3.05, 3.63) is 77.1 Å². The summed E-state index contributed by atoms with van der Waals surface area (Å²) in [6.45, 7) is 4.30. The van der Waals surface area contributed by atoms with Crippen LogP contribution in [0.4, 0.5) is 10.1 Å². The summed E-state index contributed by atoms with van der Waals surface area (Å²) < 4.78 is 13.5. The van der Waals surface area contributed by atoms with Crippen molar-refractivity contribution in [1.82, 2.24) is 4.90 Å². The number of amides is 1. The van der Waals surface area contributed by atoms with E-state index in [4.69, 9.17) is 0 Å². The minimum Gasteiger partial charge on any atom is -0.313 e. The van der Waals surface area contributed by atoms with Gasteiger partial charge in [0.15, 0.2) is 5.78 Å². The number of para-hydroxylation sites is 1. The monoisotopic (exact) mass is 392 g/mol. The van der Waals surface area contributed by atoms with E-state index in [0.29, 0.717) is 6.54 Å². The number of nitrogens with zero attached hydrogens (tertiary/aromatic N) is 2. The van der Waals surface area contributed by atoms with Crippen molar-refractivity contribution < 1.29 is 14.0 Å². The van der Waals surface area contributed by atoms with Gasteiger partial charge < -0.3 is 4.90 Å². The topological polar surface area (TPSA) is 40.6 Å². The lowest BCUT2D eigenvalue weighted by Gasteiger charge is -2.35. The number of carbonyl (C=O) groups excluding carboxylic acids is 2. The maximum Gasteiger partial charge on any atom is 0.252 e. The molecule has 1 saturated heterocycles. The molecule has 0 unspecified atom stereocenters. The zero-order valence-corrected chi connectivity index (χ0v) is 17.1. The van der Waals surface area contributed by atoms with E-state index in [1.165, 1.54) is 12.1 Å². The van der Waals surface area contributed by atoms with E-state index in [1.54, 1.807) is 30.2 Å². The van der Waals surface area contributed by atoms with Crippen LogP contribution in [0.3, 0.4) is 0 Å². The van der Waals surface area contributed by atoms with Crippen LogP contribution in [0.2, 0.25) is 0 Å². The van der Waals surface area contributed by atoms with Gasteiger partial charge in [-0.2, -0.15) is 0 Å². The predicted octanol–water partition coefficient (Wildman–Crippen LogP) is 3.88. The van der Waals surface area contributed by atoms with E-state index < -0.39 is 11.5 Å². The maximum atomic E-state index is 13.7. The summed E-state index contributed by atoms with van der Waals surface area (Å²) in [6, 6.07) is 14.0. The first kappa shape index (κ1) is 19.5. The van der Waals surface area contributed by atoms with Gasteiger partial charge in [0.05, 0.1) is 5.92 Å². The molecule has 0 bridgehead atoms. The molecular weight excluding hydrogens is 367 g/mol. The van der Waals surface area contributed by atoms with Crippen LogP contribution >= 0.6 is 0 Å². The van der Waals surface area contributed by atoms with Gasteiger partial charge in [-0.25, -0.2) is 4.39 Å². The van der Waals surface area contributed by atoms with Crippen molar-refractivity contribution in [3.63, 3.8) is 0 Å². The van der Waals surface area contributed by atoms with Gasteiger partial charge in [0.2, 0.25) is 0 Å². The SMILES string of the molecule is CC(C)=CC(=O)[C@H]1[C@H](c2ccc(F)cc2)CN(C)[C@]12C(=O)N(C)c1ccccc12. The van der Waals surface area contributed by atoms with Crippen LogP contribution in [0, 0.1) is 11.7 Å². The number of likely N-dealkylation sites (N-methyl/N-ethyl adjacent to an activating group) is 2. The molecule has 0 aliphatic carbocycles. The fourth-order valence-electron chi connectivity index (χ4n) is 5.10. The third-order valence-corrected chi connectivity index (χ3v) is 6.27. The Kier molecular flexibility index (Phi) is 4.66. The van der Waals surface area contributed by atoms with Crippen LogP contribution in [0.1, 0.15) is 30.9 Å². The molecule has 2 aliphatic heterocycles. The molecule has 2 aliphatic rings. The first-order valence-corrected chi connectivity index (χ1v) is 9.81. The molecule has 0 radical (unpaired) electrons. The molecule has 29 heavy (non-hydrogen) atoms. The predicted molar refractivity (Wildman–Crippen MR) is 111 cm³/mol. The van der Waals surface area contributed by atoms with Crippen LogP contribution in [0.15, 0.2) is 60.2 Å². The largest absolute Gasteiger partial charge is 0.313 e. The van der Waals surface area contributed by atoms with Crippen molar-refractivity contribution in [2.75, 3.05) is 25.5 Å². The van der Waals surface area contributed by atoms with Gasteiger partial charge in [-0.3, -0.25) is 14.5 Å². The van der Waals surface area contributed by atoms with E-state index >= 15 is 0 Å². The summed E-state index contributed by atoms with van der Waals surface area (Å²) in [5, 5.41) is 0. The number of hydrogen-bond donors (Lipinski definition) is 0. The quantitative estimate of drug-likeness (QED) is 0.745. The lowest BCUT2D eigenvalue weighted by atomic mass is 9.71. The van der Waals surface area contributed by atoms with Crippen molar-refractivity contribution in [2.45, 2.75) is 25.3 Å². The number of ketones is 1. The zero-order valence-electron chi connectivity index (χ0n) is 17.1. The normalized spacial score (nSPS) is 26.1. The summed E-state index contributed by atoms with van der Waals surface area (Å²) in [7, 11) is 3.66. The third kappa shape index (κ3) is 2.76. The molecule has 0 saturated carbocycles. The maximum absolute atomic E-state index is 13.7. The van der Waals surface area contributed by atoms with Crippen LogP contribution in [-0.2, 0) is 15.1 Å². The summed E-state index contributed by atoms with van der Waals surface area (Å²) >= 11 is 0.